The minimum absolute atomic E-state index is 0.0868. The van der Waals surface area contributed by atoms with E-state index in [1.165, 1.54) is 11.8 Å². The number of pyridine rings is 1. The van der Waals surface area contributed by atoms with E-state index in [1.54, 1.807) is 16.9 Å². The summed E-state index contributed by atoms with van der Waals surface area (Å²) in [6.07, 6.45) is 5.35. The van der Waals surface area contributed by atoms with Crippen molar-refractivity contribution in [3.05, 3.63) is 94.0 Å². The first-order chi connectivity index (χ1) is 14.2. The van der Waals surface area contributed by atoms with Crippen LogP contribution >= 0.6 is 23.4 Å². The van der Waals surface area contributed by atoms with Gasteiger partial charge in [0.25, 0.3) is 5.56 Å². The topological polar surface area (TPSA) is 65.3 Å². The maximum atomic E-state index is 13.1. The Morgan fingerprint density at radius 3 is 2.79 bits per heavy atom. The van der Waals surface area contributed by atoms with Gasteiger partial charge in [-0.25, -0.2) is 9.97 Å². The normalized spacial score (nSPS) is 11.5. The molecule has 0 unspecified atom stereocenters. The summed E-state index contributed by atoms with van der Waals surface area (Å²) in [6.45, 7) is 0.326. The van der Waals surface area contributed by atoms with Crippen molar-refractivity contribution in [2.24, 2.45) is 0 Å². The second-order valence-electron chi connectivity index (χ2n) is 6.52. The zero-order chi connectivity index (χ0) is 19.8. The first kappa shape index (κ1) is 18.0. The standard InChI is InChI=1S/C21H15ClN4O2S/c22-14-7-8-19-23-15(11-25(19)10-14)13-29-21-24-18-6-2-1-5-17(18)20(27)26(21)12-16-4-3-9-28-16/h1-11H,12-13H2. The smallest absolute Gasteiger partial charge is 0.262 e. The molecule has 29 heavy (non-hydrogen) atoms. The molecule has 0 atom stereocenters. The van der Waals surface area contributed by atoms with Crippen molar-refractivity contribution in [1.29, 1.82) is 0 Å². The van der Waals surface area contributed by atoms with Gasteiger partial charge < -0.3 is 8.82 Å². The largest absolute Gasteiger partial charge is 0.467 e. The number of halogens is 1. The van der Waals surface area contributed by atoms with Crippen LogP contribution in [0.3, 0.4) is 0 Å². The highest BCUT2D eigenvalue weighted by molar-refractivity contribution is 7.98. The highest BCUT2D eigenvalue weighted by Crippen LogP contribution is 2.23. The first-order valence-electron chi connectivity index (χ1n) is 8.95. The van der Waals surface area contributed by atoms with E-state index in [-0.39, 0.29) is 5.56 Å². The molecule has 0 fully saturated rings. The molecule has 0 N–H and O–H groups in total. The summed E-state index contributed by atoms with van der Waals surface area (Å²) in [7, 11) is 0. The zero-order valence-electron chi connectivity index (χ0n) is 15.2. The van der Waals surface area contributed by atoms with Gasteiger partial charge in [0.1, 0.15) is 11.4 Å². The third kappa shape index (κ3) is 3.54. The molecular formula is C21H15ClN4O2S. The van der Waals surface area contributed by atoms with E-state index >= 15 is 0 Å². The minimum atomic E-state index is -0.0868. The van der Waals surface area contributed by atoms with Crippen LogP contribution in [0, 0.1) is 0 Å². The van der Waals surface area contributed by atoms with Gasteiger partial charge in [0.15, 0.2) is 5.16 Å². The molecule has 0 spiro atoms. The number of fused-ring (bicyclic) bond motifs is 2. The number of rotatable bonds is 5. The summed E-state index contributed by atoms with van der Waals surface area (Å²) in [4.78, 5) is 22.4. The summed E-state index contributed by atoms with van der Waals surface area (Å²) in [5.74, 6) is 1.27. The van der Waals surface area contributed by atoms with Gasteiger partial charge in [0.05, 0.1) is 34.4 Å². The molecule has 0 saturated carbocycles. The van der Waals surface area contributed by atoms with Crippen LogP contribution in [0.2, 0.25) is 5.02 Å². The predicted molar refractivity (Wildman–Crippen MR) is 114 cm³/mol. The van der Waals surface area contributed by atoms with Crippen LogP contribution in [0.4, 0.5) is 0 Å². The SMILES string of the molecule is O=c1c2ccccc2nc(SCc2cn3cc(Cl)ccc3n2)n1Cc1ccco1. The Morgan fingerprint density at radius 1 is 1.03 bits per heavy atom. The van der Waals surface area contributed by atoms with Gasteiger partial charge in [-0.2, -0.15) is 0 Å². The number of para-hydroxylation sites is 1. The second-order valence-corrected chi connectivity index (χ2v) is 7.89. The molecule has 0 aliphatic heterocycles. The number of hydrogen-bond donors (Lipinski definition) is 0. The fourth-order valence-corrected chi connectivity index (χ4v) is 4.23. The van der Waals surface area contributed by atoms with Gasteiger partial charge in [-0.05, 0) is 36.4 Å². The van der Waals surface area contributed by atoms with Crippen molar-refractivity contribution in [3.8, 4) is 0 Å². The Morgan fingerprint density at radius 2 is 1.93 bits per heavy atom. The lowest BCUT2D eigenvalue weighted by Crippen LogP contribution is -2.23. The van der Waals surface area contributed by atoms with Crippen molar-refractivity contribution < 1.29 is 4.42 Å². The third-order valence-corrected chi connectivity index (χ3v) is 5.77. The third-order valence-electron chi connectivity index (χ3n) is 4.53. The van der Waals surface area contributed by atoms with Crippen molar-refractivity contribution in [2.45, 2.75) is 17.5 Å². The molecule has 4 aromatic heterocycles. The van der Waals surface area contributed by atoms with E-state index in [1.807, 2.05) is 59.3 Å². The maximum absolute atomic E-state index is 13.1. The average Bonchev–Trinajstić information content (AvgIpc) is 3.38. The van der Waals surface area contributed by atoms with E-state index in [0.29, 0.717) is 39.1 Å². The summed E-state index contributed by atoms with van der Waals surface area (Å²) < 4.78 is 8.99. The van der Waals surface area contributed by atoms with E-state index in [2.05, 4.69) is 4.98 Å². The first-order valence-corrected chi connectivity index (χ1v) is 10.3. The van der Waals surface area contributed by atoms with Crippen molar-refractivity contribution >= 4 is 39.9 Å². The predicted octanol–water partition coefficient (Wildman–Crippen LogP) is 4.63. The van der Waals surface area contributed by atoms with Crippen LogP contribution in [0.15, 0.2) is 81.6 Å². The molecule has 0 bridgehead atoms. The molecule has 144 valence electrons. The monoisotopic (exact) mass is 422 g/mol. The van der Waals surface area contributed by atoms with E-state index in [4.69, 9.17) is 21.0 Å². The number of hydrogen-bond acceptors (Lipinski definition) is 5. The van der Waals surface area contributed by atoms with Crippen LogP contribution in [-0.2, 0) is 12.3 Å². The van der Waals surface area contributed by atoms with E-state index < -0.39 is 0 Å². The number of aromatic nitrogens is 4. The molecule has 0 aliphatic carbocycles. The van der Waals surface area contributed by atoms with Crippen molar-refractivity contribution in [3.63, 3.8) is 0 Å². The van der Waals surface area contributed by atoms with Gasteiger partial charge in [-0.3, -0.25) is 9.36 Å². The molecule has 0 saturated heterocycles. The molecule has 5 aromatic rings. The second kappa shape index (κ2) is 7.42. The lowest BCUT2D eigenvalue weighted by Gasteiger charge is -2.11. The Hall–Kier alpha value is -3.03. The van der Waals surface area contributed by atoms with Gasteiger partial charge in [-0.15, -0.1) is 0 Å². The van der Waals surface area contributed by atoms with Crippen LogP contribution in [0.5, 0.6) is 0 Å². The zero-order valence-corrected chi connectivity index (χ0v) is 16.7. The minimum Gasteiger partial charge on any atom is -0.467 e. The Balaban J connectivity index is 1.52. The fraction of sp³-hybridized carbons (Fsp3) is 0.0952. The average molecular weight is 423 g/mol. The number of imidazole rings is 1. The summed E-state index contributed by atoms with van der Waals surface area (Å²) in [5, 5.41) is 1.86. The fourth-order valence-electron chi connectivity index (χ4n) is 3.18. The quantitative estimate of drug-likeness (QED) is 0.305. The van der Waals surface area contributed by atoms with Crippen molar-refractivity contribution in [1.82, 2.24) is 18.9 Å². The highest BCUT2D eigenvalue weighted by atomic mass is 35.5. The van der Waals surface area contributed by atoms with Crippen LogP contribution in [-0.4, -0.2) is 18.9 Å². The van der Waals surface area contributed by atoms with Crippen LogP contribution < -0.4 is 5.56 Å². The Labute approximate surface area is 174 Å². The van der Waals surface area contributed by atoms with Gasteiger partial charge in [0.2, 0.25) is 0 Å². The molecule has 1 aromatic carbocycles. The molecule has 6 nitrogen and oxygen atoms in total. The number of thioether (sulfide) groups is 1. The number of furan rings is 1. The highest BCUT2D eigenvalue weighted by Gasteiger charge is 2.14. The number of nitrogens with zero attached hydrogens (tertiary/aromatic N) is 4. The van der Waals surface area contributed by atoms with Gasteiger partial charge >= 0.3 is 0 Å². The molecule has 0 amide bonds. The summed E-state index contributed by atoms with van der Waals surface area (Å²) >= 11 is 7.52. The lowest BCUT2D eigenvalue weighted by atomic mass is 10.2. The van der Waals surface area contributed by atoms with Crippen LogP contribution in [0.1, 0.15) is 11.5 Å². The molecule has 4 heterocycles. The maximum Gasteiger partial charge on any atom is 0.262 e. The number of benzene rings is 1. The van der Waals surface area contributed by atoms with Gasteiger partial charge in [0, 0.05) is 18.1 Å². The van der Waals surface area contributed by atoms with Crippen LogP contribution in [0.25, 0.3) is 16.6 Å². The van der Waals surface area contributed by atoms with E-state index in [0.717, 1.165) is 11.3 Å². The lowest BCUT2D eigenvalue weighted by molar-refractivity contribution is 0.476. The molecular weight excluding hydrogens is 408 g/mol. The van der Waals surface area contributed by atoms with E-state index in [9.17, 15) is 4.79 Å². The Bertz CT molecular complexity index is 1380. The van der Waals surface area contributed by atoms with Gasteiger partial charge in [-0.1, -0.05) is 35.5 Å². The molecule has 8 heteroatoms. The molecule has 5 rings (SSSR count). The Kier molecular flexibility index (Phi) is 4.61. The molecule has 0 aliphatic rings. The summed E-state index contributed by atoms with van der Waals surface area (Å²) in [6, 6.07) is 14.7. The van der Waals surface area contributed by atoms with Crippen molar-refractivity contribution in [2.75, 3.05) is 0 Å². The summed E-state index contributed by atoms with van der Waals surface area (Å²) in [5.41, 5.74) is 2.29. The molecule has 0 radical (unpaired) electrons.